The van der Waals surface area contributed by atoms with Crippen LogP contribution >= 0.6 is 0 Å². The molecule has 0 saturated heterocycles. The summed E-state index contributed by atoms with van der Waals surface area (Å²) < 4.78 is 10.3. The number of carbonyl (C=O) groups is 1. The molecule has 0 radical (unpaired) electrons. The van der Waals surface area contributed by atoms with Crippen molar-refractivity contribution in [3.8, 4) is 0 Å². The van der Waals surface area contributed by atoms with Crippen LogP contribution in [0.3, 0.4) is 0 Å². The van der Waals surface area contributed by atoms with Crippen molar-refractivity contribution in [1.82, 2.24) is 4.98 Å². The predicted molar refractivity (Wildman–Crippen MR) is 64.4 cm³/mol. The van der Waals surface area contributed by atoms with E-state index in [2.05, 4.69) is 11.9 Å². The number of nitrogens with zero attached hydrogens (tertiary/aromatic N) is 1. The van der Waals surface area contributed by atoms with Crippen LogP contribution in [0.25, 0.3) is 0 Å². The zero-order chi connectivity index (χ0) is 12.5. The normalized spacial score (nSPS) is 12.1. The molecule has 1 unspecified atom stereocenters. The number of hydrogen-bond donors (Lipinski definition) is 0. The second-order valence-electron chi connectivity index (χ2n) is 3.82. The van der Waals surface area contributed by atoms with Gasteiger partial charge in [0.2, 0.25) is 0 Å². The van der Waals surface area contributed by atoms with E-state index in [1.807, 2.05) is 12.1 Å². The average Bonchev–Trinajstić information content (AvgIpc) is 2.39. The number of methoxy groups -OCH3 is 1. The summed E-state index contributed by atoms with van der Waals surface area (Å²) >= 11 is 0. The summed E-state index contributed by atoms with van der Waals surface area (Å²) in [7, 11) is 1.39. The lowest BCUT2D eigenvalue weighted by Gasteiger charge is -2.15. The highest BCUT2D eigenvalue weighted by molar-refractivity contribution is 5.74. The van der Waals surface area contributed by atoms with Crippen molar-refractivity contribution in [1.29, 1.82) is 0 Å². The molecule has 1 rings (SSSR count). The van der Waals surface area contributed by atoms with Gasteiger partial charge in [0.05, 0.1) is 13.7 Å². The van der Waals surface area contributed by atoms with E-state index in [-0.39, 0.29) is 5.97 Å². The topological polar surface area (TPSA) is 48.4 Å². The Morgan fingerprint density at radius 3 is 2.71 bits per heavy atom. The van der Waals surface area contributed by atoms with Gasteiger partial charge < -0.3 is 9.47 Å². The second kappa shape index (κ2) is 7.79. The molecule has 0 fully saturated rings. The summed E-state index contributed by atoms with van der Waals surface area (Å²) in [5.41, 5.74) is 1.01. The maximum absolute atomic E-state index is 11.5. The minimum absolute atomic E-state index is 0.299. The van der Waals surface area contributed by atoms with Gasteiger partial charge in [-0.2, -0.15) is 0 Å². The Kier molecular flexibility index (Phi) is 6.25. The number of esters is 1. The second-order valence-corrected chi connectivity index (χ2v) is 3.82. The first-order valence-electron chi connectivity index (χ1n) is 5.86. The fourth-order valence-corrected chi connectivity index (χ4v) is 1.47. The Morgan fingerprint density at radius 2 is 2.12 bits per heavy atom. The molecule has 1 heterocycles. The molecule has 1 aromatic heterocycles. The van der Waals surface area contributed by atoms with E-state index in [0.29, 0.717) is 13.0 Å². The van der Waals surface area contributed by atoms with Crippen LogP contribution < -0.4 is 0 Å². The first-order chi connectivity index (χ1) is 8.27. The zero-order valence-electron chi connectivity index (χ0n) is 10.4. The van der Waals surface area contributed by atoms with E-state index in [4.69, 9.17) is 9.47 Å². The standard InChI is InChI=1S/C13H19NO3/c1-3-4-5-12(13(15)16-2)17-10-11-6-8-14-9-7-11/h6-9,12H,3-5,10H2,1-2H3. The van der Waals surface area contributed by atoms with E-state index in [9.17, 15) is 4.79 Å². The van der Waals surface area contributed by atoms with Gasteiger partial charge in [0, 0.05) is 12.4 Å². The quantitative estimate of drug-likeness (QED) is 0.683. The molecule has 1 atom stereocenters. The summed E-state index contributed by atoms with van der Waals surface area (Å²) in [6.07, 6.45) is 5.64. The Bertz CT molecular complexity index is 327. The molecule has 0 N–H and O–H groups in total. The average molecular weight is 237 g/mol. The number of unbranched alkanes of at least 4 members (excludes halogenated alkanes) is 1. The Balaban J connectivity index is 2.46. The van der Waals surface area contributed by atoms with Crippen LogP contribution in [0.4, 0.5) is 0 Å². The Hall–Kier alpha value is -1.42. The Labute approximate surface area is 102 Å². The van der Waals surface area contributed by atoms with Gasteiger partial charge in [0.15, 0.2) is 6.10 Å². The summed E-state index contributed by atoms with van der Waals surface area (Å²) in [6.45, 7) is 2.49. The van der Waals surface area contributed by atoms with Crippen LogP contribution in [0, 0.1) is 0 Å². The smallest absolute Gasteiger partial charge is 0.334 e. The molecular formula is C13H19NO3. The van der Waals surface area contributed by atoms with Gasteiger partial charge in [-0.05, 0) is 24.1 Å². The highest BCUT2D eigenvalue weighted by Gasteiger charge is 2.18. The molecule has 1 aromatic rings. The lowest BCUT2D eigenvalue weighted by molar-refractivity contribution is -0.155. The lowest BCUT2D eigenvalue weighted by Crippen LogP contribution is -2.25. The van der Waals surface area contributed by atoms with Gasteiger partial charge in [0.1, 0.15) is 0 Å². The summed E-state index contributed by atoms with van der Waals surface area (Å²) in [5.74, 6) is -0.299. The maximum atomic E-state index is 11.5. The van der Waals surface area contributed by atoms with E-state index < -0.39 is 6.10 Å². The molecule has 0 bridgehead atoms. The molecule has 0 spiro atoms. The molecule has 4 heteroatoms. The van der Waals surface area contributed by atoms with Crippen molar-refractivity contribution in [2.24, 2.45) is 0 Å². The van der Waals surface area contributed by atoms with Crippen molar-refractivity contribution >= 4 is 5.97 Å². The van der Waals surface area contributed by atoms with E-state index in [1.54, 1.807) is 12.4 Å². The van der Waals surface area contributed by atoms with Crippen LogP contribution in [0.15, 0.2) is 24.5 Å². The highest BCUT2D eigenvalue weighted by atomic mass is 16.6. The SMILES string of the molecule is CCCCC(OCc1ccncc1)C(=O)OC. The summed E-state index contributed by atoms with van der Waals surface area (Å²) in [6, 6.07) is 3.74. The third kappa shape index (κ3) is 4.95. The van der Waals surface area contributed by atoms with Crippen molar-refractivity contribution in [2.45, 2.75) is 38.9 Å². The van der Waals surface area contributed by atoms with E-state index in [0.717, 1.165) is 18.4 Å². The summed E-state index contributed by atoms with van der Waals surface area (Å²) in [5, 5.41) is 0. The monoisotopic (exact) mass is 237 g/mol. The van der Waals surface area contributed by atoms with Crippen molar-refractivity contribution in [3.05, 3.63) is 30.1 Å². The van der Waals surface area contributed by atoms with E-state index in [1.165, 1.54) is 7.11 Å². The van der Waals surface area contributed by atoms with Gasteiger partial charge in [0.25, 0.3) is 0 Å². The number of aromatic nitrogens is 1. The molecule has 0 saturated carbocycles. The van der Waals surface area contributed by atoms with Crippen molar-refractivity contribution in [2.75, 3.05) is 7.11 Å². The van der Waals surface area contributed by atoms with Crippen LogP contribution in [0.1, 0.15) is 31.7 Å². The van der Waals surface area contributed by atoms with Gasteiger partial charge in [-0.3, -0.25) is 4.98 Å². The molecule has 0 aliphatic heterocycles. The molecule has 0 aliphatic carbocycles. The third-order valence-electron chi connectivity index (χ3n) is 2.48. The van der Waals surface area contributed by atoms with Crippen LogP contribution in [-0.4, -0.2) is 24.2 Å². The largest absolute Gasteiger partial charge is 0.467 e. The maximum Gasteiger partial charge on any atom is 0.334 e. The van der Waals surface area contributed by atoms with E-state index >= 15 is 0 Å². The minimum Gasteiger partial charge on any atom is -0.467 e. The van der Waals surface area contributed by atoms with Crippen LogP contribution in [-0.2, 0) is 20.9 Å². The highest BCUT2D eigenvalue weighted by Crippen LogP contribution is 2.10. The fourth-order valence-electron chi connectivity index (χ4n) is 1.47. The van der Waals surface area contributed by atoms with Crippen LogP contribution in [0.2, 0.25) is 0 Å². The molecule has 0 amide bonds. The predicted octanol–water partition coefficient (Wildman–Crippen LogP) is 2.33. The first-order valence-corrected chi connectivity index (χ1v) is 5.86. The van der Waals surface area contributed by atoms with Gasteiger partial charge >= 0.3 is 5.97 Å². The summed E-state index contributed by atoms with van der Waals surface area (Å²) in [4.78, 5) is 15.4. The molecule has 4 nitrogen and oxygen atoms in total. The third-order valence-corrected chi connectivity index (χ3v) is 2.48. The lowest BCUT2D eigenvalue weighted by atomic mass is 10.1. The van der Waals surface area contributed by atoms with Crippen molar-refractivity contribution in [3.63, 3.8) is 0 Å². The van der Waals surface area contributed by atoms with Gasteiger partial charge in [-0.15, -0.1) is 0 Å². The Morgan fingerprint density at radius 1 is 1.41 bits per heavy atom. The molecular weight excluding hydrogens is 218 g/mol. The minimum atomic E-state index is -0.465. The number of rotatable bonds is 7. The number of carbonyl (C=O) groups excluding carboxylic acids is 1. The number of pyridine rings is 1. The molecule has 17 heavy (non-hydrogen) atoms. The van der Waals surface area contributed by atoms with Gasteiger partial charge in [-0.1, -0.05) is 19.8 Å². The zero-order valence-corrected chi connectivity index (χ0v) is 10.4. The number of ether oxygens (including phenoxy) is 2. The fraction of sp³-hybridized carbons (Fsp3) is 0.538. The first kappa shape index (κ1) is 13.6. The van der Waals surface area contributed by atoms with Crippen LogP contribution in [0.5, 0.6) is 0 Å². The molecule has 0 aromatic carbocycles. The molecule has 0 aliphatic rings. The van der Waals surface area contributed by atoms with Gasteiger partial charge in [-0.25, -0.2) is 4.79 Å². The molecule has 94 valence electrons. The van der Waals surface area contributed by atoms with Crippen molar-refractivity contribution < 1.29 is 14.3 Å². The number of hydrogen-bond acceptors (Lipinski definition) is 4.